The second-order valence-corrected chi connectivity index (χ2v) is 6.17. The summed E-state index contributed by atoms with van der Waals surface area (Å²) in [5.74, 6) is 0.415. The van der Waals surface area contributed by atoms with E-state index in [1.165, 1.54) is 5.56 Å². The van der Waals surface area contributed by atoms with Gasteiger partial charge in [-0.15, -0.1) is 0 Å². The number of carbonyl (C=O) groups is 1. The van der Waals surface area contributed by atoms with Crippen molar-refractivity contribution in [3.63, 3.8) is 0 Å². The third kappa shape index (κ3) is 4.28. The zero-order valence-corrected chi connectivity index (χ0v) is 15.1. The van der Waals surface area contributed by atoms with Crippen LogP contribution in [0.5, 0.6) is 0 Å². The number of hydrogen-bond donors (Lipinski definition) is 1. The molecule has 0 unspecified atom stereocenters. The fourth-order valence-corrected chi connectivity index (χ4v) is 2.85. The summed E-state index contributed by atoms with van der Waals surface area (Å²) in [6.45, 7) is 5.75. The van der Waals surface area contributed by atoms with Crippen molar-refractivity contribution >= 4 is 17.4 Å². The number of nitrogens with zero attached hydrogens (tertiary/aromatic N) is 2. The van der Waals surface area contributed by atoms with E-state index in [9.17, 15) is 4.79 Å². The number of nitrogens with one attached hydrogen (secondary N) is 1. The number of anilines is 2. The van der Waals surface area contributed by atoms with Crippen LogP contribution in [0.4, 0.5) is 11.5 Å². The SMILES string of the molecule is CCN(Cc1ccccc1)c1ccc(NC(=O)c2ccccc2C)nc1. The second-order valence-electron chi connectivity index (χ2n) is 6.17. The van der Waals surface area contributed by atoms with E-state index in [0.717, 1.165) is 24.3 Å². The highest BCUT2D eigenvalue weighted by atomic mass is 16.1. The van der Waals surface area contributed by atoms with Crippen molar-refractivity contribution in [2.45, 2.75) is 20.4 Å². The Balaban J connectivity index is 1.69. The van der Waals surface area contributed by atoms with Crippen molar-refractivity contribution in [1.82, 2.24) is 4.98 Å². The summed E-state index contributed by atoms with van der Waals surface area (Å²) in [4.78, 5) is 19.0. The highest BCUT2D eigenvalue weighted by Gasteiger charge is 2.10. The molecule has 3 rings (SSSR count). The average Bonchev–Trinajstić information content (AvgIpc) is 2.68. The molecule has 3 aromatic rings. The first kappa shape index (κ1) is 17.7. The number of amides is 1. The molecule has 1 amide bonds. The lowest BCUT2D eigenvalue weighted by Gasteiger charge is -2.23. The largest absolute Gasteiger partial charge is 0.366 e. The Labute approximate surface area is 154 Å². The fourth-order valence-electron chi connectivity index (χ4n) is 2.85. The van der Waals surface area contributed by atoms with Crippen LogP contribution in [-0.2, 0) is 6.54 Å². The average molecular weight is 345 g/mol. The van der Waals surface area contributed by atoms with E-state index < -0.39 is 0 Å². The molecule has 132 valence electrons. The predicted octanol–water partition coefficient (Wildman–Crippen LogP) is 4.67. The molecule has 0 aliphatic rings. The van der Waals surface area contributed by atoms with Crippen LogP contribution in [0.3, 0.4) is 0 Å². The minimum Gasteiger partial charge on any atom is -0.366 e. The van der Waals surface area contributed by atoms with Gasteiger partial charge in [0.25, 0.3) is 5.91 Å². The first-order valence-corrected chi connectivity index (χ1v) is 8.79. The van der Waals surface area contributed by atoms with Crippen LogP contribution in [-0.4, -0.2) is 17.4 Å². The summed E-state index contributed by atoms with van der Waals surface area (Å²) >= 11 is 0. The van der Waals surface area contributed by atoms with Gasteiger partial charge in [-0.25, -0.2) is 4.98 Å². The van der Waals surface area contributed by atoms with E-state index in [1.807, 2.05) is 61.5 Å². The van der Waals surface area contributed by atoms with Crippen molar-refractivity contribution in [3.8, 4) is 0 Å². The third-order valence-electron chi connectivity index (χ3n) is 4.34. The lowest BCUT2D eigenvalue weighted by molar-refractivity contribution is 0.102. The number of hydrogen-bond acceptors (Lipinski definition) is 3. The lowest BCUT2D eigenvalue weighted by Crippen LogP contribution is -2.22. The summed E-state index contributed by atoms with van der Waals surface area (Å²) in [7, 11) is 0. The Morgan fingerprint density at radius 3 is 2.38 bits per heavy atom. The fraction of sp³-hybridized carbons (Fsp3) is 0.182. The van der Waals surface area contributed by atoms with Gasteiger partial charge in [0, 0.05) is 18.7 Å². The van der Waals surface area contributed by atoms with Crippen LogP contribution in [0.25, 0.3) is 0 Å². The van der Waals surface area contributed by atoms with Crippen LogP contribution in [0.2, 0.25) is 0 Å². The molecule has 0 aliphatic carbocycles. The molecule has 0 radical (unpaired) electrons. The monoisotopic (exact) mass is 345 g/mol. The molecule has 0 atom stereocenters. The Bertz CT molecular complexity index is 860. The first-order chi connectivity index (χ1) is 12.7. The van der Waals surface area contributed by atoms with Crippen molar-refractivity contribution in [2.24, 2.45) is 0 Å². The summed E-state index contributed by atoms with van der Waals surface area (Å²) < 4.78 is 0. The number of carbonyl (C=O) groups excluding carboxylic acids is 1. The van der Waals surface area contributed by atoms with Crippen LogP contribution in [0.1, 0.15) is 28.4 Å². The van der Waals surface area contributed by atoms with Gasteiger partial charge in [0.15, 0.2) is 0 Å². The zero-order valence-electron chi connectivity index (χ0n) is 15.1. The van der Waals surface area contributed by atoms with E-state index in [2.05, 4.69) is 34.3 Å². The Hall–Kier alpha value is -3.14. The summed E-state index contributed by atoms with van der Waals surface area (Å²) in [5, 5.41) is 2.86. The summed E-state index contributed by atoms with van der Waals surface area (Å²) in [6, 6.07) is 21.7. The predicted molar refractivity (Wildman–Crippen MR) is 107 cm³/mol. The molecule has 4 heteroatoms. The van der Waals surface area contributed by atoms with Crippen LogP contribution in [0.15, 0.2) is 72.9 Å². The van der Waals surface area contributed by atoms with Gasteiger partial charge in [-0.05, 0) is 43.2 Å². The van der Waals surface area contributed by atoms with Gasteiger partial charge in [0.05, 0.1) is 11.9 Å². The molecule has 0 aliphatic heterocycles. The second kappa shape index (κ2) is 8.30. The van der Waals surface area contributed by atoms with E-state index >= 15 is 0 Å². The first-order valence-electron chi connectivity index (χ1n) is 8.79. The molecular weight excluding hydrogens is 322 g/mol. The Morgan fingerprint density at radius 2 is 1.73 bits per heavy atom. The highest BCUT2D eigenvalue weighted by Crippen LogP contribution is 2.18. The normalized spacial score (nSPS) is 10.4. The van der Waals surface area contributed by atoms with E-state index in [0.29, 0.717) is 11.4 Å². The molecule has 0 saturated heterocycles. The minimum absolute atomic E-state index is 0.139. The highest BCUT2D eigenvalue weighted by molar-refractivity contribution is 6.04. The smallest absolute Gasteiger partial charge is 0.257 e. The van der Waals surface area contributed by atoms with Crippen molar-refractivity contribution in [3.05, 3.63) is 89.6 Å². The van der Waals surface area contributed by atoms with Crippen molar-refractivity contribution in [1.29, 1.82) is 0 Å². The number of aromatic nitrogens is 1. The topological polar surface area (TPSA) is 45.2 Å². The van der Waals surface area contributed by atoms with Gasteiger partial charge >= 0.3 is 0 Å². The molecule has 0 fully saturated rings. The lowest BCUT2D eigenvalue weighted by atomic mass is 10.1. The summed E-state index contributed by atoms with van der Waals surface area (Å²) in [6.07, 6.45) is 1.81. The molecule has 1 N–H and O–H groups in total. The summed E-state index contributed by atoms with van der Waals surface area (Å²) in [5.41, 5.74) is 3.90. The number of pyridine rings is 1. The Morgan fingerprint density at radius 1 is 1.00 bits per heavy atom. The zero-order chi connectivity index (χ0) is 18.4. The van der Waals surface area contributed by atoms with Gasteiger partial charge in [-0.2, -0.15) is 0 Å². The maximum absolute atomic E-state index is 12.4. The molecule has 4 nitrogen and oxygen atoms in total. The van der Waals surface area contributed by atoms with Crippen LogP contribution in [0, 0.1) is 6.92 Å². The molecule has 1 heterocycles. The van der Waals surface area contributed by atoms with Gasteiger partial charge in [0.1, 0.15) is 5.82 Å². The minimum atomic E-state index is -0.139. The van der Waals surface area contributed by atoms with Gasteiger partial charge in [-0.3, -0.25) is 4.79 Å². The van der Waals surface area contributed by atoms with Gasteiger partial charge < -0.3 is 10.2 Å². The maximum atomic E-state index is 12.4. The number of benzene rings is 2. The van der Waals surface area contributed by atoms with Crippen LogP contribution >= 0.6 is 0 Å². The van der Waals surface area contributed by atoms with Gasteiger partial charge in [0.2, 0.25) is 0 Å². The molecule has 2 aromatic carbocycles. The molecule has 0 saturated carbocycles. The molecular formula is C22H23N3O. The van der Waals surface area contributed by atoms with Gasteiger partial charge in [-0.1, -0.05) is 48.5 Å². The molecule has 26 heavy (non-hydrogen) atoms. The number of rotatable bonds is 6. The maximum Gasteiger partial charge on any atom is 0.257 e. The quantitative estimate of drug-likeness (QED) is 0.706. The van der Waals surface area contributed by atoms with Crippen molar-refractivity contribution in [2.75, 3.05) is 16.8 Å². The van der Waals surface area contributed by atoms with Crippen LogP contribution < -0.4 is 10.2 Å². The molecule has 0 bridgehead atoms. The molecule has 1 aromatic heterocycles. The van der Waals surface area contributed by atoms with Crippen molar-refractivity contribution < 1.29 is 4.79 Å². The Kier molecular flexibility index (Phi) is 5.64. The molecule has 0 spiro atoms. The van der Waals surface area contributed by atoms with E-state index in [4.69, 9.17) is 0 Å². The number of aryl methyl sites for hydroxylation is 1. The third-order valence-corrected chi connectivity index (χ3v) is 4.34. The standard InChI is InChI=1S/C22H23N3O/c1-3-25(16-18-10-5-4-6-11-18)19-13-14-21(23-15-19)24-22(26)20-12-8-7-9-17(20)2/h4-15H,3,16H2,1-2H3,(H,23,24,26). The van der Waals surface area contributed by atoms with E-state index in [1.54, 1.807) is 6.20 Å². The van der Waals surface area contributed by atoms with E-state index in [-0.39, 0.29) is 5.91 Å².